The third kappa shape index (κ3) is 6.88. The van der Waals surface area contributed by atoms with Crippen molar-refractivity contribution in [3.05, 3.63) is 44.3 Å². The summed E-state index contributed by atoms with van der Waals surface area (Å²) in [6, 6.07) is 5.95. The van der Waals surface area contributed by atoms with Crippen molar-refractivity contribution in [1.29, 1.82) is 0 Å². The monoisotopic (exact) mass is 568 g/mol. The summed E-state index contributed by atoms with van der Waals surface area (Å²) in [7, 11) is 7.14. The van der Waals surface area contributed by atoms with Crippen LogP contribution in [-0.2, 0) is 17.8 Å². The maximum absolute atomic E-state index is 5.42. The lowest BCUT2D eigenvalue weighted by Gasteiger charge is -2.21. The van der Waals surface area contributed by atoms with Gasteiger partial charge in [-0.15, -0.1) is 35.3 Å². The Labute approximate surface area is 190 Å². The van der Waals surface area contributed by atoms with E-state index in [2.05, 4.69) is 36.6 Å². The van der Waals surface area contributed by atoms with E-state index in [0.29, 0.717) is 13.1 Å². The lowest BCUT2D eigenvalue weighted by atomic mass is 10.2. The number of nitrogens with zero attached hydrogens (tertiary/aromatic N) is 3. The van der Waals surface area contributed by atoms with Crippen LogP contribution in [0.25, 0.3) is 0 Å². The molecule has 0 aliphatic carbocycles. The van der Waals surface area contributed by atoms with Gasteiger partial charge >= 0.3 is 0 Å². The fourth-order valence-corrected chi connectivity index (χ4v) is 3.70. The molecule has 0 radical (unpaired) electrons. The standard InChI is InChI=1S/C18H25BrN4O2S.HI/c1-12(24-4)17-22-15(11-26-17)10-23(3)18(20-2)21-9-13-8-14(19)6-7-16(13)25-5;/h6-8,11-12H,9-10H2,1-5H3,(H,20,21);1H. The van der Waals surface area contributed by atoms with Crippen LogP contribution < -0.4 is 10.1 Å². The molecule has 0 amide bonds. The maximum Gasteiger partial charge on any atom is 0.194 e. The molecule has 1 aromatic heterocycles. The van der Waals surface area contributed by atoms with E-state index in [4.69, 9.17) is 9.47 Å². The minimum atomic E-state index is 0. The number of methoxy groups -OCH3 is 2. The van der Waals surface area contributed by atoms with E-state index in [1.54, 1.807) is 32.6 Å². The largest absolute Gasteiger partial charge is 0.496 e. The van der Waals surface area contributed by atoms with Gasteiger partial charge in [0, 0.05) is 43.2 Å². The summed E-state index contributed by atoms with van der Waals surface area (Å²) in [5.41, 5.74) is 2.06. The van der Waals surface area contributed by atoms with Crippen LogP contribution in [-0.4, -0.2) is 44.2 Å². The summed E-state index contributed by atoms with van der Waals surface area (Å²) in [4.78, 5) is 11.0. The van der Waals surface area contributed by atoms with Crippen LogP contribution in [0.3, 0.4) is 0 Å². The second kappa shape index (κ2) is 11.8. The Balaban J connectivity index is 0.00000364. The Kier molecular flexibility index (Phi) is 10.6. The molecule has 0 saturated carbocycles. The first kappa shape index (κ1) is 24.1. The van der Waals surface area contributed by atoms with Gasteiger partial charge in [0.1, 0.15) is 16.9 Å². The van der Waals surface area contributed by atoms with Gasteiger partial charge in [0.05, 0.1) is 19.3 Å². The molecule has 1 heterocycles. The van der Waals surface area contributed by atoms with Gasteiger partial charge in [-0.25, -0.2) is 4.98 Å². The van der Waals surface area contributed by atoms with Gasteiger partial charge in [-0.05, 0) is 25.1 Å². The molecule has 0 aliphatic rings. The van der Waals surface area contributed by atoms with Gasteiger partial charge < -0.3 is 19.7 Å². The van der Waals surface area contributed by atoms with Crippen LogP contribution in [0.5, 0.6) is 5.75 Å². The average molecular weight is 569 g/mol. The smallest absolute Gasteiger partial charge is 0.194 e. The quantitative estimate of drug-likeness (QED) is 0.304. The predicted molar refractivity (Wildman–Crippen MR) is 125 cm³/mol. The van der Waals surface area contributed by atoms with Crippen LogP contribution in [0.1, 0.15) is 29.3 Å². The van der Waals surface area contributed by atoms with Crippen molar-refractivity contribution < 1.29 is 9.47 Å². The van der Waals surface area contributed by atoms with Crippen LogP contribution in [0, 0.1) is 0 Å². The molecule has 1 N–H and O–H groups in total. The molecule has 1 unspecified atom stereocenters. The molecule has 150 valence electrons. The Bertz CT molecular complexity index is 757. The summed E-state index contributed by atoms with van der Waals surface area (Å²) in [6.45, 7) is 3.28. The van der Waals surface area contributed by atoms with Crippen molar-refractivity contribution in [2.24, 2.45) is 4.99 Å². The number of ether oxygens (including phenoxy) is 2. The van der Waals surface area contributed by atoms with Gasteiger partial charge in [-0.1, -0.05) is 15.9 Å². The predicted octanol–water partition coefficient (Wildman–Crippen LogP) is 4.45. The number of hydrogen-bond acceptors (Lipinski definition) is 5. The molecule has 0 saturated heterocycles. The van der Waals surface area contributed by atoms with Gasteiger partial charge in [-0.3, -0.25) is 4.99 Å². The fourth-order valence-electron chi connectivity index (χ4n) is 2.44. The van der Waals surface area contributed by atoms with Crippen molar-refractivity contribution in [3.63, 3.8) is 0 Å². The summed E-state index contributed by atoms with van der Waals surface area (Å²) >= 11 is 5.12. The van der Waals surface area contributed by atoms with Crippen molar-refractivity contribution in [3.8, 4) is 5.75 Å². The molecule has 0 spiro atoms. The number of nitrogens with one attached hydrogen (secondary N) is 1. The van der Waals surface area contributed by atoms with Crippen LogP contribution in [0.4, 0.5) is 0 Å². The van der Waals surface area contributed by atoms with Crippen molar-refractivity contribution in [2.75, 3.05) is 28.3 Å². The second-order valence-electron chi connectivity index (χ2n) is 5.77. The Morgan fingerprint density at radius 2 is 2.15 bits per heavy atom. The summed E-state index contributed by atoms with van der Waals surface area (Å²) in [5, 5.41) is 6.42. The Morgan fingerprint density at radius 3 is 2.78 bits per heavy atom. The molecule has 0 bridgehead atoms. The first-order chi connectivity index (χ1) is 12.5. The summed E-state index contributed by atoms with van der Waals surface area (Å²) in [5.74, 6) is 1.64. The first-order valence-electron chi connectivity index (χ1n) is 8.19. The number of thiazole rings is 1. The van der Waals surface area contributed by atoms with E-state index in [-0.39, 0.29) is 30.1 Å². The number of hydrogen-bond donors (Lipinski definition) is 1. The van der Waals surface area contributed by atoms with Crippen molar-refractivity contribution in [1.82, 2.24) is 15.2 Å². The van der Waals surface area contributed by atoms with Crippen molar-refractivity contribution >= 4 is 57.2 Å². The highest BCUT2D eigenvalue weighted by atomic mass is 127. The van der Waals surface area contributed by atoms with Gasteiger partial charge in [0.2, 0.25) is 0 Å². The van der Waals surface area contributed by atoms with E-state index in [9.17, 15) is 0 Å². The number of rotatable bonds is 7. The number of guanidine groups is 1. The van der Waals surface area contributed by atoms with Crippen LogP contribution in [0.15, 0.2) is 33.0 Å². The Morgan fingerprint density at radius 1 is 1.41 bits per heavy atom. The lowest BCUT2D eigenvalue weighted by Crippen LogP contribution is -2.38. The zero-order valence-corrected chi connectivity index (χ0v) is 20.9. The van der Waals surface area contributed by atoms with Gasteiger partial charge in [-0.2, -0.15) is 0 Å². The molecule has 2 aromatic rings. The zero-order valence-electron chi connectivity index (χ0n) is 16.2. The molecule has 0 aliphatic heterocycles. The zero-order chi connectivity index (χ0) is 19.1. The molecule has 27 heavy (non-hydrogen) atoms. The van der Waals surface area contributed by atoms with Gasteiger partial charge in [0.25, 0.3) is 0 Å². The highest BCUT2D eigenvalue weighted by Crippen LogP contribution is 2.23. The molecule has 9 heteroatoms. The third-order valence-electron chi connectivity index (χ3n) is 3.92. The minimum Gasteiger partial charge on any atom is -0.496 e. The summed E-state index contributed by atoms with van der Waals surface area (Å²) in [6.07, 6.45) is 0.0143. The van der Waals surface area contributed by atoms with E-state index < -0.39 is 0 Å². The van der Waals surface area contributed by atoms with Crippen LogP contribution in [0.2, 0.25) is 0 Å². The number of aliphatic imine (C=N–C) groups is 1. The van der Waals surface area contributed by atoms with E-state index >= 15 is 0 Å². The van der Waals surface area contributed by atoms with E-state index in [1.165, 1.54) is 0 Å². The fraction of sp³-hybridized carbons (Fsp3) is 0.444. The topological polar surface area (TPSA) is 59.0 Å². The number of benzene rings is 1. The molecule has 6 nitrogen and oxygen atoms in total. The Hall–Kier alpha value is -0.910. The third-order valence-corrected chi connectivity index (χ3v) is 5.47. The highest BCUT2D eigenvalue weighted by molar-refractivity contribution is 14.0. The summed E-state index contributed by atoms with van der Waals surface area (Å²) < 4.78 is 11.8. The van der Waals surface area contributed by atoms with Crippen LogP contribution >= 0.6 is 51.2 Å². The first-order valence-corrected chi connectivity index (χ1v) is 9.87. The number of aromatic nitrogens is 1. The highest BCUT2D eigenvalue weighted by Gasteiger charge is 2.13. The van der Waals surface area contributed by atoms with E-state index in [1.807, 2.05) is 37.1 Å². The number of halogens is 2. The normalized spacial score (nSPS) is 12.3. The maximum atomic E-state index is 5.42. The molecule has 0 fully saturated rings. The molecular formula is C18H26BrIN4O2S. The molecule has 1 atom stereocenters. The molecular weight excluding hydrogens is 543 g/mol. The molecule has 1 aromatic carbocycles. The van der Waals surface area contributed by atoms with E-state index in [0.717, 1.165) is 32.4 Å². The molecule has 2 rings (SSSR count). The minimum absolute atomic E-state index is 0. The van der Waals surface area contributed by atoms with Crippen molar-refractivity contribution in [2.45, 2.75) is 26.1 Å². The lowest BCUT2D eigenvalue weighted by molar-refractivity contribution is 0.119. The SMILES string of the molecule is CN=C(NCc1cc(Br)ccc1OC)N(C)Cc1csc(C(C)OC)n1.I. The second-order valence-corrected chi connectivity index (χ2v) is 7.57. The average Bonchev–Trinajstić information content (AvgIpc) is 3.10. The van der Waals surface area contributed by atoms with Gasteiger partial charge in [0.15, 0.2) is 5.96 Å².